The zero-order chi connectivity index (χ0) is 28.8. The molecule has 5 aromatic rings. The molecule has 12 nitrogen and oxygen atoms in total. The zero-order valence-corrected chi connectivity index (χ0v) is 22.4. The molecule has 0 amide bonds. The van der Waals surface area contributed by atoms with Gasteiger partial charge >= 0.3 is 0 Å². The van der Waals surface area contributed by atoms with E-state index in [1.54, 1.807) is 47.5 Å². The van der Waals surface area contributed by atoms with Crippen molar-refractivity contribution >= 4 is 33.3 Å². The highest BCUT2D eigenvalue weighted by molar-refractivity contribution is 7.92. The fourth-order valence-electron chi connectivity index (χ4n) is 3.95. The molecule has 0 unspecified atom stereocenters. The molecule has 0 fully saturated rings. The molecule has 0 atom stereocenters. The van der Waals surface area contributed by atoms with Crippen LogP contribution >= 0.6 is 0 Å². The number of benzene rings is 3. The van der Waals surface area contributed by atoms with Crippen LogP contribution < -0.4 is 14.9 Å². The SMILES string of the molecule is COc1ccccc1NS(=O)(=O)c1ccc(N/N=C\c2cn(-c3ccccc3)nc2-c2cccnc2)c([N+](=O)[O-])c1. The number of pyridine rings is 1. The Kier molecular flexibility index (Phi) is 7.69. The Balaban J connectivity index is 1.43. The van der Waals surface area contributed by atoms with Crippen LogP contribution in [0.4, 0.5) is 17.1 Å². The lowest BCUT2D eigenvalue weighted by Crippen LogP contribution is -2.14. The Morgan fingerprint density at radius 3 is 2.51 bits per heavy atom. The molecule has 13 heteroatoms. The van der Waals surface area contributed by atoms with E-state index in [4.69, 9.17) is 4.74 Å². The minimum Gasteiger partial charge on any atom is -0.495 e. The summed E-state index contributed by atoms with van der Waals surface area (Å²) < 4.78 is 35.3. The average Bonchev–Trinajstić information content (AvgIpc) is 3.42. The molecule has 0 aliphatic rings. The smallest absolute Gasteiger partial charge is 0.295 e. The second-order valence-electron chi connectivity index (χ2n) is 8.57. The van der Waals surface area contributed by atoms with E-state index in [1.807, 2.05) is 36.4 Å². The van der Waals surface area contributed by atoms with Gasteiger partial charge < -0.3 is 4.74 Å². The van der Waals surface area contributed by atoms with Gasteiger partial charge in [-0.25, -0.2) is 13.1 Å². The molecule has 0 bridgehead atoms. The first-order valence-corrected chi connectivity index (χ1v) is 13.6. The van der Waals surface area contributed by atoms with Gasteiger partial charge in [0.1, 0.15) is 17.1 Å². The summed E-state index contributed by atoms with van der Waals surface area (Å²) in [5.41, 5.74) is 5.20. The monoisotopic (exact) mass is 569 g/mol. The molecule has 2 heterocycles. The fourth-order valence-corrected chi connectivity index (χ4v) is 5.04. The normalized spacial score (nSPS) is 11.3. The van der Waals surface area contributed by atoms with Gasteiger partial charge in [0.2, 0.25) is 0 Å². The van der Waals surface area contributed by atoms with Gasteiger partial charge in [0.25, 0.3) is 15.7 Å². The summed E-state index contributed by atoms with van der Waals surface area (Å²) in [4.78, 5) is 15.0. The van der Waals surface area contributed by atoms with Crippen LogP contribution in [0.25, 0.3) is 16.9 Å². The van der Waals surface area contributed by atoms with Crippen LogP contribution in [0.1, 0.15) is 5.56 Å². The van der Waals surface area contributed by atoms with Crippen LogP contribution in [0.3, 0.4) is 0 Å². The van der Waals surface area contributed by atoms with E-state index >= 15 is 0 Å². The summed E-state index contributed by atoms with van der Waals surface area (Å²) in [6.45, 7) is 0. The minimum atomic E-state index is -4.16. The van der Waals surface area contributed by atoms with Crippen molar-refractivity contribution in [2.45, 2.75) is 4.90 Å². The van der Waals surface area contributed by atoms with Gasteiger partial charge in [0, 0.05) is 35.8 Å². The Hall–Kier alpha value is -5.56. The maximum absolute atomic E-state index is 13.0. The Bertz CT molecular complexity index is 1830. The van der Waals surface area contributed by atoms with Crippen molar-refractivity contribution in [2.75, 3.05) is 17.3 Å². The third-order valence-electron chi connectivity index (χ3n) is 5.91. The molecule has 0 radical (unpaired) electrons. The molecule has 5 rings (SSSR count). The van der Waals surface area contributed by atoms with Gasteiger partial charge in [-0.2, -0.15) is 10.2 Å². The van der Waals surface area contributed by atoms with E-state index in [2.05, 4.69) is 25.3 Å². The topological polar surface area (TPSA) is 154 Å². The summed E-state index contributed by atoms with van der Waals surface area (Å²) in [6.07, 6.45) is 6.58. The predicted octanol–water partition coefficient (Wildman–Crippen LogP) is 5.10. The third-order valence-corrected chi connectivity index (χ3v) is 7.28. The number of hydrazone groups is 1. The van der Waals surface area contributed by atoms with E-state index in [-0.39, 0.29) is 16.3 Å². The van der Waals surface area contributed by atoms with Gasteiger partial charge in [-0.15, -0.1) is 0 Å². The lowest BCUT2D eigenvalue weighted by Gasteiger charge is -2.12. The number of nitrogens with one attached hydrogen (secondary N) is 2. The fraction of sp³-hybridized carbons (Fsp3) is 0.0357. The van der Waals surface area contributed by atoms with Gasteiger partial charge in [0.15, 0.2) is 0 Å². The molecule has 0 spiro atoms. The molecule has 0 aliphatic carbocycles. The van der Waals surface area contributed by atoms with E-state index in [0.717, 1.165) is 17.3 Å². The Labute approximate surface area is 235 Å². The van der Waals surface area contributed by atoms with Crippen molar-refractivity contribution in [2.24, 2.45) is 5.10 Å². The lowest BCUT2D eigenvalue weighted by molar-refractivity contribution is -0.384. The number of nitro benzene ring substituents is 1. The molecule has 206 valence electrons. The number of methoxy groups -OCH3 is 1. The van der Waals surface area contributed by atoms with E-state index in [0.29, 0.717) is 17.0 Å². The first-order valence-electron chi connectivity index (χ1n) is 12.1. The second kappa shape index (κ2) is 11.7. The van der Waals surface area contributed by atoms with Gasteiger partial charge in [-0.3, -0.25) is 25.2 Å². The van der Waals surface area contributed by atoms with Gasteiger partial charge in [-0.05, 0) is 48.5 Å². The number of anilines is 2. The van der Waals surface area contributed by atoms with Gasteiger partial charge in [-0.1, -0.05) is 30.3 Å². The summed E-state index contributed by atoms with van der Waals surface area (Å²) in [5.74, 6) is 0.305. The summed E-state index contributed by atoms with van der Waals surface area (Å²) in [6, 6.07) is 23.1. The van der Waals surface area contributed by atoms with Crippen LogP contribution in [-0.2, 0) is 10.0 Å². The highest BCUT2D eigenvalue weighted by atomic mass is 32.2. The first kappa shape index (κ1) is 27.0. The van der Waals surface area contributed by atoms with Gasteiger partial charge in [0.05, 0.1) is 34.5 Å². The molecule has 2 aromatic heterocycles. The molecule has 3 aromatic carbocycles. The molecule has 0 aliphatic heterocycles. The number of para-hydroxylation sites is 3. The average molecular weight is 570 g/mol. The molecule has 0 saturated carbocycles. The Morgan fingerprint density at radius 2 is 1.78 bits per heavy atom. The van der Waals surface area contributed by atoms with Crippen molar-refractivity contribution in [1.29, 1.82) is 0 Å². The maximum atomic E-state index is 13.0. The van der Waals surface area contributed by atoms with E-state index in [1.165, 1.54) is 31.5 Å². The maximum Gasteiger partial charge on any atom is 0.295 e. The highest BCUT2D eigenvalue weighted by Crippen LogP contribution is 2.31. The van der Waals surface area contributed by atoms with Crippen molar-refractivity contribution in [3.63, 3.8) is 0 Å². The Morgan fingerprint density at radius 1 is 1.00 bits per heavy atom. The third kappa shape index (κ3) is 6.04. The zero-order valence-electron chi connectivity index (χ0n) is 21.6. The number of nitrogens with zero attached hydrogens (tertiary/aromatic N) is 5. The summed E-state index contributed by atoms with van der Waals surface area (Å²) in [5, 5.41) is 20.7. The van der Waals surface area contributed by atoms with Crippen LogP contribution in [0.5, 0.6) is 5.75 Å². The molecule has 2 N–H and O–H groups in total. The van der Waals surface area contributed by atoms with Crippen molar-refractivity contribution < 1.29 is 18.1 Å². The van der Waals surface area contributed by atoms with Crippen LogP contribution in [0.2, 0.25) is 0 Å². The molecule has 0 saturated heterocycles. The first-order chi connectivity index (χ1) is 19.9. The van der Waals surface area contributed by atoms with Crippen LogP contribution in [0.15, 0.2) is 114 Å². The molecular weight excluding hydrogens is 546 g/mol. The van der Waals surface area contributed by atoms with Crippen LogP contribution in [-0.4, -0.2) is 41.4 Å². The van der Waals surface area contributed by atoms with E-state index in [9.17, 15) is 18.5 Å². The van der Waals surface area contributed by atoms with Crippen molar-refractivity contribution in [1.82, 2.24) is 14.8 Å². The standard InChI is InChI=1S/C28H23N7O5S/c1-40-27-12-6-5-11-25(27)33-41(38,39)23-13-14-24(26(16-23)35(36)37)31-30-18-21-19-34(22-9-3-2-4-10-22)32-28(21)20-8-7-15-29-17-20/h2-19,31,33H,1H3/b30-18-. The van der Waals surface area contributed by atoms with Crippen molar-refractivity contribution in [3.8, 4) is 22.7 Å². The number of rotatable bonds is 10. The number of hydrogen-bond acceptors (Lipinski definition) is 9. The quantitative estimate of drug-likeness (QED) is 0.134. The van der Waals surface area contributed by atoms with E-state index < -0.39 is 20.6 Å². The number of ether oxygens (including phenoxy) is 1. The summed E-state index contributed by atoms with van der Waals surface area (Å²) in [7, 11) is -2.75. The second-order valence-corrected chi connectivity index (χ2v) is 10.2. The lowest BCUT2D eigenvalue weighted by atomic mass is 10.1. The van der Waals surface area contributed by atoms with Crippen LogP contribution in [0, 0.1) is 10.1 Å². The predicted molar refractivity (Wildman–Crippen MR) is 155 cm³/mol. The number of hydrogen-bond donors (Lipinski definition) is 2. The number of sulfonamides is 1. The number of nitro groups is 1. The minimum absolute atomic E-state index is 0.000806. The van der Waals surface area contributed by atoms with Crippen molar-refractivity contribution in [3.05, 3.63) is 119 Å². The largest absolute Gasteiger partial charge is 0.495 e. The number of aromatic nitrogens is 3. The highest BCUT2D eigenvalue weighted by Gasteiger charge is 2.22. The molecular formula is C28H23N7O5S. The molecule has 41 heavy (non-hydrogen) atoms. The summed E-state index contributed by atoms with van der Waals surface area (Å²) >= 11 is 0.